The molecule has 0 amide bonds. The van der Waals surface area contributed by atoms with Gasteiger partial charge in [-0.1, -0.05) is 0 Å². The molecule has 1 radical (unpaired) electrons. The lowest BCUT2D eigenvalue weighted by Crippen LogP contribution is -2.04. The summed E-state index contributed by atoms with van der Waals surface area (Å²) in [4.78, 5) is 0. The van der Waals surface area contributed by atoms with Crippen molar-refractivity contribution in [1.82, 2.24) is 0 Å². The summed E-state index contributed by atoms with van der Waals surface area (Å²) in [6.07, 6.45) is 1.45. The van der Waals surface area contributed by atoms with Crippen LogP contribution in [0.4, 0.5) is 0 Å². The van der Waals surface area contributed by atoms with E-state index in [4.69, 9.17) is 10.2 Å². The summed E-state index contributed by atoms with van der Waals surface area (Å²) in [7, 11) is 0. The Morgan fingerprint density at radius 1 is 1.50 bits per heavy atom. The molecule has 0 bridgehead atoms. The number of hydrogen-bond donors (Lipinski definition) is 2. The molecule has 0 unspecified atom stereocenters. The van der Waals surface area contributed by atoms with Crippen LogP contribution in [0.1, 0.15) is 12.8 Å². The summed E-state index contributed by atoms with van der Waals surface area (Å²) in [5.74, 6) is 0. The van der Waals surface area contributed by atoms with Crippen LogP contribution in [0.2, 0.25) is 0 Å². The quantitative estimate of drug-likeness (QED) is 0.474. The van der Waals surface area contributed by atoms with Gasteiger partial charge in [0.1, 0.15) is 6.61 Å². The molecule has 0 spiro atoms. The smallest absolute Gasteiger partial charge is 0.111 e. The first kappa shape index (κ1) is 4.09. The van der Waals surface area contributed by atoms with Crippen molar-refractivity contribution in [2.24, 2.45) is 0 Å². The fraction of sp³-hybridized carbons (Fsp3) is 0.750. The molecule has 0 aromatic carbocycles. The Morgan fingerprint density at radius 2 is 2.00 bits per heavy atom. The first-order valence-electron chi connectivity index (χ1n) is 1.98. The van der Waals surface area contributed by atoms with Crippen molar-refractivity contribution in [2.45, 2.75) is 18.4 Å². The van der Waals surface area contributed by atoms with Gasteiger partial charge in [0.05, 0.1) is 5.60 Å². The van der Waals surface area contributed by atoms with E-state index >= 15 is 0 Å². The number of aliphatic hydroxyl groups excluding tert-OH is 1. The van der Waals surface area contributed by atoms with E-state index in [0.29, 0.717) is 0 Å². The van der Waals surface area contributed by atoms with Crippen LogP contribution in [0, 0.1) is 6.61 Å². The topological polar surface area (TPSA) is 40.5 Å². The van der Waals surface area contributed by atoms with E-state index in [1.807, 2.05) is 0 Å². The van der Waals surface area contributed by atoms with Crippen LogP contribution in [0.15, 0.2) is 0 Å². The largest absolute Gasteiger partial charge is 0.387 e. The van der Waals surface area contributed by atoms with Crippen LogP contribution in [-0.4, -0.2) is 15.8 Å². The lowest BCUT2D eigenvalue weighted by molar-refractivity contribution is 0.123. The molecule has 35 valence electrons. The number of rotatable bonds is 1. The van der Waals surface area contributed by atoms with E-state index in [-0.39, 0.29) is 0 Å². The van der Waals surface area contributed by atoms with Gasteiger partial charge in [-0.15, -0.1) is 0 Å². The Labute approximate surface area is 36.4 Å². The zero-order valence-corrected chi connectivity index (χ0v) is 3.39. The molecule has 0 aromatic rings. The summed E-state index contributed by atoms with van der Waals surface area (Å²) in [5.41, 5.74) is -0.778. The van der Waals surface area contributed by atoms with Crippen LogP contribution >= 0.6 is 0 Å². The van der Waals surface area contributed by atoms with Crippen LogP contribution < -0.4 is 0 Å². The zero-order chi connectivity index (χ0) is 4.62. The minimum absolute atomic E-state index is 0.726. The lowest BCUT2D eigenvalue weighted by Gasteiger charge is -1.94. The predicted octanol–water partition coefficient (Wildman–Crippen LogP) is 0.0456. The first-order valence-corrected chi connectivity index (χ1v) is 1.98. The molecule has 0 aromatic heterocycles. The first-order chi connectivity index (χ1) is 2.77. The van der Waals surface area contributed by atoms with Crippen molar-refractivity contribution in [3.63, 3.8) is 0 Å². The Kier molecular flexibility index (Phi) is 0.648. The molecule has 1 aliphatic rings. The summed E-state index contributed by atoms with van der Waals surface area (Å²) >= 11 is 0. The molecular weight excluding hydrogens is 80.0 g/mol. The molecule has 2 heteroatoms. The Hall–Kier alpha value is -0.0800. The van der Waals surface area contributed by atoms with Gasteiger partial charge >= 0.3 is 0 Å². The standard InChI is InChI=1S/C4H7O2/c5-3-4(6)1-2-4/h3,5-6H,1-2H2. The molecule has 1 rings (SSSR count). The minimum atomic E-state index is -0.778. The summed E-state index contributed by atoms with van der Waals surface area (Å²) < 4.78 is 0. The maximum atomic E-state index is 8.63. The van der Waals surface area contributed by atoms with Crippen molar-refractivity contribution in [3.05, 3.63) is 6.61 Å². The third-order valence-corrected chi connectivity index (χ3v) is 1.00. The fourth-order valence-corrected chi connectivity index (χ4v) is 0.257. The van der Waals surface area contributed by atoms with Gasteiger partial charge in [-0.2, -0.15) is 0 Å². The van der Waals surface area contributed by atoms with Gasteiger partial charge in [-0.25, -0.2) is 0 Å². The van der Waals surface area contributed by atoms with E-state index < -0.39 is 5.60 Å². The van der Waals surface area contributed by atoms with Gasteiger partial charge in [0.25, 0.3) is 0 Å². The maximum Gasteiger partial charge on any atom is 0.111 e. The second-order valence-corrected chi connectivity index (χ2v) is 1.73. The van der Waals surface area contributed by atoms with E-state index in [0.717, 1.165) is 19.4 Å². The Morgan fingerprint density at radius 3 is 2.00 bits per heavy atom. The third kappa shape index (κ3) is 0.533. The molecule has 6 heavy (non-hydrogen) atoms. The van der Waals surface area contributed by atoms with Gasteiger partial charge in [-0.05, 0) is 12.8 Å². The van der Waals surface area contributed by atoms with Crippen LogP contribution in [0.25, 0.3) is 0 Å². The summed E-state index contributed by atoms with van der Waals surface area (Å²) in [6.45, 7) is 0.854. The fourth-order valence-electron chi connectivity index (χ4n) is 0.257. The average molecular weight is 87.1 g/mol. The molecule has 1 fully saturated rings. The van der Waals surface area contributed by atoms with Gasteiger partial charge in [-0.3, -0.25) is 0 Å². The highest BCUT2D eigenvalue weighted by Gasteiger charge is 2.39. The molecule has 1 aliphatic carbocycles. The van der Waals surface area contributed by atoms with Crippen molar-refractivity contribution >= 4 is 0 Å². The van der Waals surface area contributed by atoms with Crippen LogP contribution in [0.3, 0.4) is 0 Å². The highest BCUT2D eigenvalue weighted by atomic mass is 16.3. The van der Waals surface area contributed by atoms with Gasteiger partial charge in [0.2, 0.25) is 0 Å². The molecule has 2 N–H and O–H groups in total. The van der Waals surface area contributed by atoms with E-state index in [1.165, 1.54) is 0 Å². The van der Waals surface area contributed by atoms with Gasteiger partial charge in [0, 0.05) is 0 Å². The predicted molar refractivity (Wildman–Crippen MR) is 20.4 cm³/mol. The van der Waals surface area contributed by atoms with Crippen molar-refractivity contribution in [1.29, 1.82) is 0 Å². The number of hydrogen-bond acceptors (Lipinski definition) is 2. The van der Waals surface area contributed by atoms with Crippen molar-refractivity contribution in [2.75, 3.05) is 0 Å². The average Bonchev–Trinajstić information content (AvgIpc) is 2.22. The van der Waals surface area contributed by atoms with Crippen molar-refractivity contribution < 1.29 is 10.2 Å². The third-order valence-electron chi connectivity index (χ3n) is 1.00. The summed E-state index contributed by atoms with van der Waals surface area (Å²) in [5, 5.41) is 16.7. The van der Waals surface area contributed by atoms with Crippen LogP contribution in [0.5, 0.6) is 0 Å². The molecule has 2 nitrogen and oxygen atoms in total. The molecule has 0 atom stereocenters. The molecular formula is C4H7O2. The molecule has 0 heterocycles. The maximum absolute atomic E-state index is 8.63. The Balaban J connectivity index is 2.28. The van der Waals surface area contributed by atoms with E-state index in [2.05, 4.69) is 0 Å². The monoisotopic (exact) mass is 87.0 g/mol. The van der Waals surface area contributed by atoms with E-state index in [9.17, 15) is 0 Å². The van der Waals surface area contributed by atoms with E-state index in [1.54, 1.807) is 0 Å². The normalized spacial score (nSPS) is 27.0. The molecule has 0 saturated heterocycles. The highest BCUT2D eigenvalue weighted by Crippen LogP contribution is 2.36. The lowest BCUT2D eigenvalue weighted by atomic mass is 10.4. The van der Waals surface area contributed by atoms with Gasteiger partial charge < -0.3 is 10.2 Å². The summed E-state index contributed by atoms with van der Waals surface area (Å²) in [6, 6.07) is 0. The van der Waals surface area contributed by atoms with Gasteiger partial charge in [0.15, 0.2) is 0 Å². The van der Waals surface area contributed by atoms with Crippen molar-refractivity contribution in [3.8, 4) is 0 Å². The minimum Gasteiger partial charge on any atom is -0.387 e. The zero-order valence-electron chi connectivity index (χ0n) is 3.39. The molecule has 0 aliphatic heterocycles. The second kappa shape index (κ2) is 0.950. The molecule has 1 saturated carbocycles. The second-order valence-electron chi connectivity index (χ2n) is 1.73. The SMILES string of the molecule is O[CH]C1(O)CC1. The highest BCUT2D eigenvalue weighted by molar-refractivity contribution is 4.99. The Bertz CT molecular complexity index is 56.6. The van der Waals surface area contributed by atoms with Crippen LogP contribution in [-0.2, 0) is 0 Å². The number of aliphatic hydroxyl groups is 2.